The Labute approximate surface area is 94.5 Å². The summed E-state index contributed by atoms with van der Waals surface area (Å²) in [5.41, 5.74) is 1.00. The van der Waals surface area contributed by atoms with Crippen LogP contribution in [0.15, 0.2) is 28.1 Å². The summed E-state index contributed by atoms with van der Waals surface area (Å²) in [5, 5.41) is 0.341. The maximum atomic E-state index is 11.1. The SMILES string of the molecule is CCCCCC1N=C2C=CC(=O)C=C2S1. The number of rotatable bonds is 4. The molecule has 2 nitrogen and oxygen atoms in total. The molecule has 0 amide bonds. The lowest BCUT2D eigenvalue weighted by Crippen LogP contribution is -2.01. The summed E-state index contributed by atoms with van der Waals surface area (Å²) >= 11 is 1.73. The fourth-order valence-corrected chi connectivity index (χ4v) is 2.89. The highest BCUT2D eigenvalue weighted by molar-refractivity contribution is 8.05. The molecular weight excluding hydrogens is 206 g/mol. The second-order valence-corrected chi connectivity index (χ2v) is 5.05. The fraction of sp³-hybridized carbons (Fsp3) is 0.500. The normalized spacial score (nSPS) is 23.8. The summed E-state index contributed by atoms with van der Waals surface area (Å²) < 4.78 is 0. The lowest BCUT2D eigenvalue weighted by atomic mass is 10.1. The van der Waals surface area contributed by atoms with Crippen molar-refractivity contribution in [3.8, 4) is 0 Å². The minimum atomic E-state index is 0.0886. The maximum absolute atomic E-state index is 11.1. The molecular formula is C12H15NOS. The van der Waals surface area contributed by atoms with E-state index >= 15 is 0 Å². The second kappa shape index (κ2) is 4.79. The van der Waals surface area contributed by atoms with Crippen molar-refractivity contribution in [1.82, 2.24) is 0 Å². The summed E-state index contributed by atoms with van der Waals surface area (Å²) in [7, 11) is 0. The van der Waals surface area contributed by atoms with Gasteiger partial charge in [-0.2, -0.15) is 0 Å². The predicted molar refractivity (Wildman–Crippen MR) is 65.2 cm³/mol. The van der Waals surface area contributed by atoms with Gasteiger partial charge in [0.05, 0.1) is 5.71 Å². The molecule has 0 bridgehead atoms. The van der Waals surface area contributed by atoms with Gasteiger partial charge >= 0.3 is 0 Å². The number of nitrogens with zero attached hydrogens (tertiary/aromatic N) is 1. The number of carbonyl (C=O) groups is 1. The van der Waals surface area contributed by atoms with Gasteiger partial charge in [0.25, 0.3) is 0 Å². The zero-order valence-electron chi connectivity index (χ0n) is 8.90. The van der Waals surface area contributed by atoms with Gasteiger partial charge in [-0.25, -0.2) is 0 Å². The highest BCUT2D eigenvalue weighted by Crippen LogP contribution is 2.36. The van der Waals surface area contributed by atoms with Gasteiger partial charge in [0.1, 0.15) is 5.37 Å². The Hall–Kier alpha value is -0.830. The van der Waals surface area contributed by atoms with Gasteiger partial charge in [-0.05, 0) is 18.6 Å². The van der Waals surface area contributed by atoms with Crippen LogP contribution in [0.25, 0.3) is 0 Å². The molecule has 0 spiro atoms. The molecule has 3 heteroatoms. The molecule has 1 unspecified atom stereocenters. The van der Waals surface area contributed by atoms with Crippen molar-refractivity contribution in [1.29, 1.82) is 0 Å². The molecule has 0 aromatic heterocycles. The standard InChI is InChI=1S/C12H15NOS/c1-2-3-4-5-12-13-10-7-6-9(14)8-11(10)15-12/h6-8,12H,2-5H2,1H3. The molecule has 0 aromatic rings. The van der Waals surface area contributed by atoms with E-state index in [2.05, 4.69) is 11.9 Å². The van der Waals surface area contributed by atoms with Crippen LogP contribution in [-0.2, 0) is 4.79 Å². The lowest BCUT2D eigenvalue weighted by molar-refractivity contribution is -0.110. The maximum Gasteiger partial charge on any atom is 0.179 e. The van der Waals surface area contributed by atoms with E-state index in [1.54, 1.807) is 23.9 Å². The zero-order valence-corrected chi connectivity index (χ0v) is 9.72. The zero-order chi connectivity index (χ0) is 10.7. The smallest absolute Gasteiger partial charge is 0.179 e. The molecule has 1 atom stereocenters. The minimum absolute atomic E-state index is 0.0886. The first-order valence-electron chi connectivity index (χ1n) is 5.48. The largest absolute Gasteiger partial charge is 0.290 e. The summed E-state index contributed by atoms with van der Waals surface area (Å²) in [6.07, 6.45) is 10.0. The Morgan fingerprint density at radius 2 is 2.27 bits per heavy atom. The highest BCUT2D eigenvalue weighted by Gasteiger charge is 2.23. The fourth-order valence-electron chi connectivity index (χ4n) is 1.72. The molecule has 0 fully saturated rings. The molecule has 1 heterocycles. The first-order chi connectivity index (χ1) is 7.29. The molecule has 0 radical (unpaired) electrons. The number of carbonyl (C=O) groups excluding carboxylic acids is 1. The van der Waals surface area contributed by atoms with Crippen LogP contribution in [0.2, 0.25) is 0 Å². The highest BCUT2D eigenvalue weighted by atomic mass is 32.2. The van der Waals surface area contributed by atoms with Crippen molar-refractivity contribution >= 4 is 23.3 Å². The van der Waals surface area contributed by atoms with Crippen molar-refractivity contribution < 1.29 is 4.79 Å². The number of unbranched alkanes of at least 4 members (excludes halogenated alkanes) is 2. The third kappa shape index (κ3) is 2.59. The van der Waals surface area contributed by atoms with Crippen LogP contribution < -0.4 is 0 Å². The average molecular weight is 221 g/mol. The second-order valence-electron chi connectivity index (χ2n) is 3.83. The topological polar surface area (TPSA) is 29.4 Å². The molecule has 0 saturated heterocycles. The monoisotopic (exact) mass is 221 g/mol. The van der Waals surface area contributed by atoms with Gasteiger partial charge in [-0.3, -0.25) is 9.79 Å². The van der Waals surface area contributed by atoms with E-state index in [1.165, 1.54) is 19.3 Å². The van der Waals surface area contributed by atoms with Crippen LogP contribution in [0, 0.1) is 0 Å². The number of aliphatic imine (C=N–C) groups is 1. The predicted octanol–water partition coefficient (Wildman–Crippen LogP) is 3.10. The number of hydrogen-bond donors (Lipinski definition) is 0. The molecule has 15 heavy (non-hydrogen) atoms. The van der Waals surface area contributed by atoms with E-state index in [1.807, 2.05) is 6.08 Å². The molecule has 1 aliphatic carbocycles. The molecule has 0 N–H and O–H groups in total. The van der Waals surface area contributed by atoms with Gasteiger partial charge in [0, 0.05) is 11.0 Å². The van der Waals surface area contributed by atoms with Crippen LogP contribution in [-0.4, -0.2) is 16.9 Å². The van der Waals surface area contributed by atoms with Gasteiger partial charge in [0.2, 0.25) is 0 Å². The van der Waals surface area contributed by atoms with E-state index in [-0.39, 0.29) is 5.78 Å². The number of ketones is 1. The van der Waals surface area contributed by atoms with Crippen LogP contribution in [0.4, 0.5) is 0 Å². The van der Waals surface area contributed by atoms with E-state index in [4.69, 9.17) is 0 Å². The third-order valence-electron chi connectivity index (χ3n) is 2.53. The van der Waals surface area contributed by atoms with Gasteiger partial charge < -0.3 is 0 Å². The Morgan fingerprint density at radius 3 is 3.07 bits per heavy atom. The summed E-state index contributed by atoms with van der Waals surface area (Å²) in [5.74, 6) is 0.0886. The average Bonchev–Trinajstić information content (AvgIpc) is 2.60. The first kappa shape index (κ1) is 10.7. The van der Waals surface area contributed by atoms with E-state index in [0.717, 1.165) is 17.0 Å². The van der Waals surface area contributed by atoms with Crippen LogP contribution >= 0.6 is 11.8 Å². The van der Waals surface area contributed by atoms with E-state index in [0.29, 0.717) is 5.37 Å². The Bertz CT molecular complexity index is 355. The number of thioether (sulfide) groups is 1. The first-order valence-corrected chi connectivity index (χ1v) is 6.36. The van der Waals surface area contributed by atoms with E-state index < -0.39 is 0 Å². The Morgan fingerprint density at radius 1 is 1.40 bits per heavy atom. The molecule has 2 rings (SSSR count). The van der Waals surface area contributed by atoms with Crippen molar-refractivity contribution in [3.05, 3.63) is 23.1 Å². The van der Waals surface area contributed by atoms with Crippen molar-refractivity contribution in [2.24, 2.45) is 4.99 Å². The molecule has 2 aliphatic rings. The summed E-state index contributed by atoms with van der Waals surface area (Å²) in [6, 6.07) is 0. The molecule has 1 aliphatic heterocycles. The molecule has 0 aromatic carbocycles. The van der Waals surface area contributed by atoms with E-state index in [9.17, 15) is 4.79 Å². The van der Waals surface area contributed by atoms with Crippen LogP contribution in [0.5, 0.6) is 0 Å². The van der Waals surface area contributed by atoms with Crippen LogP contribution in [0.1, 0.15) is 32.6 Å². The Kier molecular flexibility index (Phi) is 3.41. The third-order valence-corrected chi connectivity index (χ3v) is 3.73. The lowest BCUT2D eigenvalue weighted by Gasteiger charge is -2.04. The molecule has 0 saturated carbocycles. The number of fused-ring (bicyclic) bond motifs is 1. The number of hydrogen-bond acceptors (Lipinski definition) is 3. The van der Waals surface area contributed by atoms with Gasteiger partial charge in [0.15, 0.2) is 5.78 Å². The van der Waals surface area contributed by atoms with Crippen molar-refractivity contribution in [3.63, 3.8) is 0 Å². The summed E-state index contributed by atoms with van der Waals surface area (Å²) in [6.45, 7) is 2.21. The quantitative estimate of drug-likeness (QED) is 0.539. The van der Waals surface area contributed by atoms with Crippen molar-refractivity contribution in [2.45, 2.75) is 38.0 Å². The number of allylic oxidation sites excluding steroid dienone is 4. The van der Waals surface area contributed by atoms with Crippen molar-refractivity contribution in [2.75, 3.05) is 0 Å². The summed E-state index contributed by atoms with van der Waals surface area (Å²) in [4.78, 5) is 16.8. The van der Waals surface area contributed by atoms with Crippen LogP contribution in [0.3, 0.4) is 0 Å². The van der Waals surface area contributed by atoms with Gasteiger partial charge in [-0.15, -0.1) is 0 Å². The molecule has 80 valence electrons. The Balaban J connectivity index is 1.93. The van der Waals surface area contributed by atoms with Gasteiger partial charge in [-0.1, -0.05) is 37.9 Å². The minimum Gasteiger partial charge on any atom is -0.290 e.